The lowest BCUT2D eigenvalue weighted by Crippen LogP contribution is -2.43. The van der Waals surface area contributed by atoms with E-state index < -0.39 is 5.82 Å². The second-order valence-corrected chi connectivity index (χ2v) is 9.14. The molecule has 34 heavy (non-hydrogen) atoms. The molecule has 2 aromatic carbocycles. The number of benzene rings is 2. The monoisotopic (exact) mass is 497 g/mol. The summed E-state index contributed by atoms with van der Waals surface area (Å²) in [6, 6.07) is 13.7. The smallest absolute Gasteiger partial charge is 0.225 e. The summed E-state index contributed by atoms with van der Waals surface area (Å²) < 4.78 is 15.1. The lowest BCUT2D eigenvalue weighted by Gasteiger charge is -2.33. The molecule has 1 saturated heterocycles. The zero-order chi connectivity index (χ0) is 23.7. The average Bonchev–Trinajstić information content (AvgIpc) is 3.28. The van der Waals surface area contributed by atoms with E-state index in [1.165, 1.54) is 12.1 Å². The first kappa shape index (κ1) is 22.6. The van der Waals surface area contributed by atoms with Crippen molar-refractivity contribution in [3.8, 4) is 11.3 Å². The van der Waals surface area contributed by atoms with Crippen molar-refractivity contribution in [2.75, 3.05) is 18.0 Å². The van der Waals surface area contributed by atoms with E-state index >= 15 is 0 Å². The van der Waals surface area contributed by atoms with Crippen LogP contribution in [0.2, 0.25) is 10.0 Å². The lowest BCUT2D eigenvalue weighted by atomic mass is 9.97. The molecule has 3 heterocycles. The number of rotatable bonds is 5. The number of hydrogen-bond acceptors (Lipinski definition) is 4. The summed E-state index contributed by atoms with van der Waals surface area (Å²) in [7, 11) is 0. The first-order valence-corrected chi connectivity index (χ1v) is 11.8. The highest BCUT2D eigenvalue weighted by molar-refractivity contribution is 6.33. The Morgan fingerprint density at radius 1 is 1.15 bits per heavy atom. The Kier molecular flexibility index (Phi) is 6.39. The van der Waals surface area contributed by atoms with Crippen LogP contribution in [0.1, 0.15) is 18.4 Å². The summed E-state index contributed by atoms with van der Waals surface area (Å²) in [5.41, 5.74) is 3.16. The van der Waals surface area contributed by atoms with Crippen molar-refractivity contribution in [2.45, 2.75) is 19.4 Å². The Hall–Kier alpha value is -3.16. The van der Waals surface area contributed by atoms with E-state index in [1.54, 1.807) is 23.0 Å². The van der Waals surface area contributed by atoms with Crippen LogP contribution in [0.5, 0.6) is 0 Å². The fourth-order valence-corrected chi connectivity index (χ4v) is 4.79. The van der Waals surface area contributed by atoms with Gasteiger partial charge in [0.1, 0.15) is 11.3 Å². The van der Waals surface area contributed by atoms with Gasteiger partial charge in [-0.25, -0.2) is 13.9 Å². The number of carbonyl (C=O) groups excluding carboxylic acids is 1. The van der Waals surface area contributed by atoms with Crippen LogP contribution in [0, 0.1) is 11.7 Å². The van der Waals surface area contributed by atoms with Gasteiger partial charge >= 0.3 is 0 Å². The minimum Gasteiger partial charge on any atom is -0.354 e. The highest BCUT2D eigenvalue weighted by atomic mass is 35.5. The molecule has 0 radical (unpaired) electrons. The number of hydrogen-bond donors (Lipinski definition) is 1. The number of anilines is 1. The molecule has 1 atom stereocenters. The maximum atomic E-state index is 13.3. The third kappa shape index (κ3) is 4.58. The Balaban J connectivity index is 1.33. The van der Waals surface area contributed by atoms with Crippen molar-refractivity contribution in [3.05, 3.63) is 82.4 Å². The van der Waals surface area contributed by atoms with Crippen LogP contribution in [-0.4, -0.2) is 33.6 Å². The second-order valence-electron chi connectivity index (χ2n) is 8.33. The fraction of sp³-hybridized carbons (Fsp3) is 0.240. The normalized spacial score (nSPS) is 16.1. The molecule has 174 valence electrons. The van der Waals surface area contributed by atoms with Crippen LogP contribution in [0.4, 0.5) is 10.2 Å². The van der Waals surface area contributed by atoms with E-state index in [4.69, 9.17) is 23.2 Å². The molecule has 1 amide bonds. The van der Waals surface area contributed by atoms with E-state index in [-0.39, 0.29) is 18.4 Å². The third-order valence-electron chi connectivity index (χ3n) is 6.08. The minimum atomic E-state index is -0.401. The molecule has 1 N–H and O–H groups in total. The van der Waals surface area contributed by atoms with E-state index in [0.717, 1.165) is 42.0 Å². The number of amides is 1. The third-order valence-corrected chi connectivity index (χ3v) is 6.76. The van der Waals surface area contributed by atoms with Crippen molar-refractivity contribution in [1.29, 1.82) is 0 Å². The molecule has 0 spiro atoms. The number of halogens is 3. The Morgan fingerprint density at radius 3 is 2.82 bits per heavy atom. The zero-order valence-electron chi connectivity index (χ0n) is 18.2. The molecule has 6 nitrogen and oxygen atoms in total. The van der Waals surface area contributed by atoms with Gasteiger partial charge in [-0.15, -0.1) is 0 Å². The molecule has 5 rings (SSSR count). The highest BCUT2D eigenvalue weighted by Crippen LogP contribution is 2.31. The van der Waals surface area contributed by atoms with Gasteiger partial charge in [-0.2, -0.15) is 5.10 Å². The Bertz CT molecular complexity index is 1360. The van der Waals surface area contributed by atoms with Crippen molar-refractivity contribution in [3.63, 3.8) is 0 Å². The molecule has 1 fully saturated rings. The summed E-state index contributed by atoms with van der Waals surface area (Å²) in [6.45, 7) is 1.60. The molecule has 0 bridgehead atoms. The molecule has 0 unspecified atom stereocenters. The van der Waals surface area contributed by atoms with Gasteiger partial charge in [0, 0.05) is 42.6 Å². The van der Waals surface area contributed by atoms with Gasteiger partial charge in [0.05, 0.1) is 16.6 Å². The first-order valence-electron chi connectivity index (χ1n) is 11.1. The lowest BCUT2D eigenvalue weighted by molar-refractivity contribution is -0.125. The summed E-state index contributed by atoms with van der Waals surface area (Å²) in [5, 5.41) is 8.56. The van der Waals surface area contributed by atoms with Crippen LogP contribution < -0.4 is 10.2 Å². The predicted molar refractivity (Wildman–Crippen MR) is 132 cm³/mol. The Morgan fingerprint density at radius 2 is 2.00 bits per heavy atom. The quantitative estimate of drug-likeness (QED) is 0.402. The number of nitrogens with one attached hydrogen (secondary N) is 1. The number of nitrogens with zero attached hydrogens (tertiary/aromatic N) is 4. The predicted octanol–water partition coefficient (Wildman–Crippen LogP) is 5.38. The Labute approximate surface area is 206 Å². The molecule has 0 saturated carbocycles. The van der Waals surface area contributed by atoms with Gasteiger partial charge in [-0.05, 0) is 42.7 Å². The SMILES string of the molecule is O=C(NCc1ccc(F)cc1Cl)[C@@H]1CCCN(c2nccn3nc(-c4ccccc4Cl)cc23)C1. The number of fused-ring (bicyclic) bond motifs is 1. The average molecular weight is 498 g/mol. The van der Waals surface area contributed by atoms with Gasteiger partial charge in [0.15, 0.2) is 5.82 Å². The number of carbonyl (C=O) groups is 1. The van der Waals surface area contributed by atoms with Crippen LogP contribution in [-0.2, 0) is 11.3 Å². The van der Waals surface area contributed by atoms with E-state index in [9.17, 15) is 9.18 Å². The molecular formula is C25H22Cl2FN5O. The standard InChI is InChI=1S/C25H22Cl2FN5O/c26-20-6-2-1-5-19(20)22-13-23-24(29-9-11-33(23)31-22)32-10-3-4-17(15-32)25(34)30-14-16-7-8-18(28)12-21(16)27/h1-2,5-9,11-13,17H,3-4,10,14-15H2,(H,30,34)/t17-/m1/s1. The summed E-state index contributed by atoms with van der Waals surface area (Å²) >= 11 is 12.5. The van der Waals surface area contributed by atoms with Crippen LogP contribution in [0.3, 0.4) is 0 Å². The van der Waals surface area contributed by atoms with Gasteiger partial charge in [0.25, 0.3) is 0 Å². The summed E-state index contributed by atoms with van der Waals surface area (Å²) in [4.78, 5) is 19.7. The van der Waals surface area contributed by atoms with E-state index in [2.05, 4.69) is 20.3 Å². The van der Waals surface area contributed by atoms with Crippen molar-refractivity contribution < 1.29 is 9.18 Å². The maximum absolute atomic E-state index is 13.3. The first-order chi connectivity index (χ1) is 16.5. The molecule has 2 aromatic heterocycles. The van der Waals surface area contributed by atoms with E-state index in [0.29, 0.717) is 22.2 Å². The highest BCUT2D eigenvalue weighted by Gasteiger charge is 2.28. The molecule has 1 aliphatic rings. The molecule has 4 aromatic rings. The molecule has 9 heteroatoms. The number of aromatic nitrogens is 3. The maximum Gasteiger partial charge on any atom is 0.225 e. The van der Waals surface area contributed by atoms with Crippen molar-refractivity contribution in [2.24, 2.45) is 5.92 Å². The topological polar surface area (TPSA) is 62.5 Å². The molecular weight excluding hydrogens is 476 g/mol. The molecule has 0 aliphatic carbocycles. The van der Waals surface area contributed by atoms with Gasteiger partial charge < -0.3 is 10.2 Å². The largest absolute Gasteiger partial charge is 0.354 e. The zero-order valence-corrected chi connectivity index (χ0v) is 19.7. The van der Waals surface area contributed by atoms with Crippen molar-refractivity contribution in [1.82, 2.24) is 19.9 Å². The van der Waals surface area contributed by atoms with Gasteiger partial charge in [-0.1, -0.05) is 47.5 Å². The summed E-state index contributed by atoms with van der Waals surface area (Å²) in [6.07, 6.45) is 5.17. The summed E-state index contributed by atoms with van der Waals surface area (Å²) in [5.74, 6) is 0.137. The molecule has 1 aliphatic heterocycles. The fourth-order valence-electron chi connectivity index (χ4n) is 4.33. The van der Waals surface area contributed by atoms with Gasteiger partial charge in [-0.3, -0.25) is 4.79 Å². The minimum absolute atomic E-state index is 0.0534. The number of piperidine rings is 1. The van der Waals surface area contributed by atoms with Crippen LogP contribution in [0.15, 0.2) is 60.9 Å². The van der Waals surface area contributed by atoms with Gasteiger partial charge in [0.2, 0.25) is 5.91 Å². The van der Waals surface area contributed by atoms with Crippen molar-refractivity contribution >= 4 is 40.4 Å². The van der Waals surface area contributed by atoms with Crippen LogP contribution in [0.25, 0.3) is 16.8 Å². The van der Waals surface area contributed by atoms with Crippen LogP contribution >= 0.6 is 23.2 Å². The van der Waals surface area contributed by atoms with E-state index in [1.807, 2.05) is 30.3 Å². The second kappa shape index (κ2) is 9.60.